The largest absolute Gasteiger partial charge is 0.248 e. The number of hydrogen-bond donors (Lipinski definition) is 0. The number of aromatic nitrogens is 4. The number of rotatable bonds is 3. The van der Waals surface area contributed by atoms with E-state index in [2.05, 4.69) is 34.6 Å². The van der Waals surface area contributed by atoms with Gasteiger partial charge in [0.25, 0.3) is 0 Å². The van der Waals surface area contributed by atoms with Gasteiger partial charge in [-0.1, -0.05) is 71.9 Å². The lowest BCUT2D eigenvalue weighted by atomic mass is 10.1. The zero-order valence-corrected chi connectivity index (χ0v) is 14.1. The molecule has 5 rings (SSSR count). The van der Waals surface area contributed by atoms with E-state index in [1.807, 2.05) is 65.5 Å². The fourth-order valence-electron chi connectivity index (χ4n) is 3.36. The van der Waals surface area contributed by atoms with Crippen molar-refractivity contribution in [2.24, 2.45) is 0 Å². The maximum absolute atomic E-state index is 4.78. The van der Waals surface area contributed by atoms with Crippen molar-refractivity contribution in [3.63, 3.8) is 0 Å². The molecule has 124 valence electrons. The van der Waals surface area contributed by atoms with Crippen LogP contribution >= 0.6 is 0 Å². The van der Waals surface area contributed by atoms with Gasteiger partial charge in [0.05, 0.1) is 28.6 Å². The lowest BCUT2D eigenvalue weighted by Gasteiger charge is -2.10. The van der Waals surface area contributed by atoms with Gasteiger partial charge in [-0.3, -0.25) is 0 Å². The van der Waals surface area contributed by atoms with E-state index >= 15 is 0 Å². The molecule has 2 heterocycles. The zero-order valence-electron chi connectivity index (χ0n) is 14.1. The molecular formula is C22H16N4. The number of nitrogens with zero attached hydrogens (tertiary/aromatic N) is 4. The number of fused-ring (bicyclic) bond motifs is 2. The average molecular weight is 336 g/mol. The van der Waals surface area contributed by atoms with E-state index in [0.717, 1.165) is 39.6 Å². The Bertz CT molecular complexity index is 1150. The molecule has 5 aromatic rings. The van der Waals surface area contributed by atoms with Gasteiger partial charge in [-0.2, -0.15) is 0 Å². The summed E-state index contributed by atoms with van der Waals surface area (Å²) in [5.74, 6) is 0. The van der Waals surface area contributed by atoms with Gasteiger partial charge in [-0.25, -0.2) is 9.67 Å². The summed E-state index contributed by atoms with van der Waals surface area (Å²) < 4.78 is 1.88. The molecule has 0 atom stereocenters. The Morgan fingerprint density at radius 1 is 0.692 bits per heavy atom. The first-order valence-electron chi connectivity index (χ1n) is 8.61. The molecule has 26 heavy (non-hydrogen) atoms. The Kier molecular flexibility index (Phi) is 3.46. The first kappa shape index (κ1) is 14.8. The van der Waals surface area contributed by atoms with Crippen molar-refractivity contribution in [2.45, 2.75) is 6.42 Å². The lowest BCUT2D eigenvalue weighted by molar-refractivity contribution is 0.807. The summed E-state index contributed by atoms with van der Waals surface area (Å²) in [6.07, 6.45) is 2.78. The molecule has 0 bridgehead atoms. The van der Waals surface area contributed by atoms with Crippen LogP contribution in [0.3, 0.4) is 0 Å². The number of para-hydroxylation sites is 2. The molecule has 0 aliphatic rings. The van der Waals surface area contributed by atoms with Crippen LogP contribution in [0.5, 0.6) is 0 Å². The summed E-state index contributed by atoms with van der Waals surface area (Å²) in [7, 11) is 0. The monoisotopic (exact) mass is 336 g/mol. The SMILES string of the molecule is c1ccc(Cc2cn(-c3c4ccccc4nc4ccccc34)nn2)cc1. The molecule has 3 aromatic carbocycles. The molecule has 0 aliphatic carbocycles. The summed E-state index contributed by atoms with van der Waals surface area (Å²) in [5, 5.41) is 11.0. The smallest absolute Gasteiger partial charge is 0.0875 e. The molecule has 0 aliphatic heterocycles. The maximum Gasteiger partial charge on any atom is 0.0875 e. The van der Waals surface area contributed by atoms with Crippen LogP contribution in [0.25, 0.3) is 27.5 Å². The van der Waals surface area contributed by atoms with Gasteiger partial charge >= 0.3 is 0 Å². The lowest BCUT2D eigenvalue weighted by Crippen LogP contribution is -1.99. The number of hydrogen-bond acceptors (Lipinski definition) is 3. The van der Waals surface area contributed by atoms with Crippen molar-refractivity contribution in [1.82, 2.24) is 20.0 Å². The third-order valence-electron chi connectivity index (χ3n) is 4.56. The van der Waals surface area contributed by atoms with E-state index in [-0.39, 0.29) is 0 Å². The number of benzene rings is 3. The van der Waals surface area contributed by atoms with E-state index < -0.39 is 0 Å². The molecule has 0 N–H and O–H groups in total. The summed E-state index contributed by atoms with van der Waals surface area (Å²) in [5.41, 5.74) is 5.12. The summed E-state index contributed by atoms with van der Waals surface area (Å²) in [6, 6.07) is 26.7. The third-order valence-corrected chi connectivity index (χ3v) is 4.56. The molecule has 2 aromatic heterocycles. The fraction of sp³-hybridized carbons (Fsp3) is 0.0455. The summed E-state index contributed by atoms with van der Waals surface area (Å²) in [4.78, 5) is 4.78. The molecular weight excluding hydrogens is 320 g/mol. The minimum absolute atomic E-state index is 0.766. The van der Waals surface area contributed by atoms with Crippen LogP contribution in [0.1, 0.15) is 11.3 Å². The highest BCUT2D eigenvalue weighted by Crippen LogP contribution is 2.28. The fourth-order valence-corrected chi connectivity index (χ4v) is 3.36. The Hall–Kier alpha value is -3.53. The van der Waals surface area contributed by atoms with Crippen LogP contribution in [0.4, 0.5) is 0 Å². The van der Waals surface area contributed by atoms with E-state index in [4.69, 9.17) is 4.98 Å². The van der Waals surface area contributed by atoms with Gasteiger partial charge in [0.1, 0.15) is 0 Å². The van der Waals surface area contributed by atoms with E-state index in [1.165, 1.54) is 5.56 Å². The van der Waals surface area contributed by atoms with Crippen molar-refractivity contribution in [1.29, 1.82) is 0 Å². The predicted molar refractivity (Wildman–Crippen MR) is 103 cm³/mol. The summed E-state index contributed by atoms with van der Waals surface area (Å²) in [6.45, 7) is 0. The molecule has 0 spiro atoms. The summed E-state index contributed by atoms with van der Waals surface area (Å²) >= 11 is 0. The quantitative estimate of drug-likeness (QED) is 0.454. The second-order valence-corrected chi connectivity index (χ2v) is 6.31. The van der Waals surface area contributed by atoms with Crippen LogP contribution in [-0.2, 0) is 6.42 Å². The Labute approximate surface area is 150 Å². The maximum atomic E-state index is 4.78. The van der Waals surface area contributed by atoms with Gasteiger partial charge in [-0.05, 0) is 17.7 Å². The highest BCUT2D eigenvalue weighted by Gasteiger charge is 2.12. The molecule has 4 heteroatoms. The highest BCUT2D eigenvalue weighted by molar-refractivity contribution is 6.02. The zero-order chi connectivity index (χ0) is 17.3. The van der Waals surface area contributed by atoms with Gasteiger partial charge in [0.15, 0.2) is 0 Å². The van der Waals surface area contributed by atoms with Crippen molar-refractivity contribution in [3.05, 3.63) is 96.3 Å². The minimum Gasteiger partial charge on any atom is -0.248 e. The van der Waals surface area contributed by atoms with Crippen LogP contribution in [0.15, 0.2) is 85.1 Å². The second kappa shape index (κ2) is 6.08. The highest BCUT2D eigenvalue weighted by atomic mass is 15.4. The first-order chi connectivity index (χ1) is 12.9. The number of pyridine rings is 1. The van der Waals surface area contributed by atoms with Gasteiger partial charge in [0.2, 0.25) is 0 Å². The van der Waals surface area contributed by atoms with Crippen LogP contribution in [0.2, 0.25) is 0 Å². The molecule has 0 saturated carbocycles. The van der Waals surface area contributed by atoms with E-state index in [0.29, 0.717) is 0 Å². The van der Waals surface area contributed by atoms with Gasteiger partial charge in [0, 0.05) is 17.2 Å². The van der Waals surface area contributed by atoms with Crippen molar-refractivity contribution in [2.75, 3.05) is 0 Å². The standard InChI is InChI=1S/C22H16N4/c1-2-8-16(9-3-1)14-17-15-26(25-24-17)22-18-10-4-6-12-20(18)23-21-13-7-5-11-19(21)22/h1-13,15H,14H2. The normalized spacial score (nSPS) is 11.2. The second-order valence-electron chi connectivity index (χ2n) is 6.31. The first-order valence-corrected chi connectivity index (χ1v) is 8.61. The average Bonchev–Trinajstić information content (AvgIpc) is 3.14. The Morgan fingerprint density at radius 2 is 1.31 bits per heavy atom. The Balaban J connectivity index is 1.68. The molecule has 0 saturated heterocycles. The molecule has 4 nitrogen and oxygen atoms in total. The topological polar surface area (TPSA) is 43.6 Å². The van der Waals surface area contributed by atoms with E-state index in [9.17, 15) is 0 Å². The van der Waals surface area contributed by atoms with E-state index in [1.54, 1.807) is 0 Å². The molecule has 0 amide bonds. The molecule has 0 radical (unpaired) electrons. The van der Waals surface area contributed by atoms with Gasteiger partial charge in [-0.15, -0.1) is 5.10 Å². The van der Waals surface area contributed by atoms with Crippen molar-refractivity contribution < 1.29 is 0 Å². The Morgan fingerprint density at radius 3 is 2.00 bits per heavy atom. The van der Waals surface area contributed by atoms with Gasteiger partial charge < -0.3 is 0 Å². The van der Waals surface area contributed by atoms with Crippen LogP contribution < -0.4 is 0 Å². The molecule has 0 fully saturated rings. The van der Waals surface area contributed by atoms with Crippen LogP contribution in [-0.4, -0.2) is 20.0 Å². The molecule has 0 unspecified atom stereocenters. The third kappa shape index (κ3) is 2.52. The minimum atomic E-state index is 0.766. The van der Waals surface area contributed by atoms with Crippen LogP contribution in [0, 0.1) is 0 Å². The van der Waals surface area contributed by atoms with Crippen molar-refractivity contribution in [3.8, 4) is 5.69 Å². The predicted octanol–water partition coefficient (Wildman–Crippen LogP) is 4.56. The van der Waals surface area contributed by atoms with Crippen molar-refractivity contribution >= 4 is 21.8 Å².